The van der Waals surface area contributed by atoms with Crippen LogP contribution in [0.1, 0.15) is 25.3 Å². The van der Waals surface area contributed by atoms with Crippen molar-refractivity contribution in [3.05, 3.63) is 29.6 Å². The van der Waals surface area contributed by atoms with Crippen LogP contribution < -0.4 is 10.5 Å². The van der Waals surface area contributed by atoms with Crippen molar-refractivity contribution in [3.63, 3.8) is 0 Å². The second-order valence-electron chi connectivity index (χ2n) is 3.47. The van der Waals surface area contributed by atoms with E-state index in [1.165, 1.54) is 6.07 Å². The van der Waals surface area contributed by atoms with Crippen molar-refractivity contribution < 1.29 is 9.13 Å². The van der Waals surface area contributed by atoms with Gasteiger partial charge in [-0.3, -0.25) is 0 Å². The molecule has 0 aliphatic carbocycles. The van der Waals surface area contributed by atoms with Crippen molar-refractivity contribution >= 4 is 0 Å². The summed E-state index contributed by atoms with van der Waals surface area (Å²) in [6.07, 6.45) is 2.64. The Hall–Kier alpha value is -1.09. The highest BCUT2D eigenvalue weighted by Gasteiger charge is 2.08. The van der Waals surface area contributed by atoms with Crippen LogP contribution in [0, 0.1) is 5.82 Å². The maximum Gasteiger partial charge on any atom is 0.165 e. The van der Waals surface area contributed by atoms with Gasteiger partial charge in [0, 0.05) is 0 Å². The first-order valence-electron chi connectivity index (χ1n) is 5.39. The topological polar surface area (TPSA) is 35.2 Å². The molecule has 1 aromatic carbocycles. The van der Waals surface area contributed by atoms with Gasteiger partial charge in [-0.05, 0) is 31.0 Å². The van der Waals surface area contributed by atoms with Crippen molar-refractivity contribution in [2.24, 2.45) is 5.73 Å². The molecule has 0 bridgehead atoms. The van der Waals surface area contributed by atoms with E-state index in [0.717, 1.165) is 18.4 Å². The number of hydrogen-bond acceptors (Lipinski definition) is 2. The van der Waals surface area contributed by atoms with Gasteiger partial charge < -0.3 is 10.5 Å². The Morgan fingerprint density at radius 3 is 2.87 bits per heavy atom. The smallest absolute Gasteiger partial charge is 0.165 e. The molecule has 1 rings (SSSR count). The number of ether oxygens (including phenoxy) is 1. The zero-order valence-corrected chi connectivity index (χ0v) is 9.13. The van der Waals surface area contributed by atoms with Gasteiger partial charge in [-0.15, -0.1) is 0 Å². The van der Waals surface area contributed by atoms with Gasteiger partial charge in [0.2, 0.25) is 0 Å². The lowest BCUT2D eigenvalue weighted by Crippen LogP contribution is -2.07. The van der Waals surface area contributed by atoms with Gasteiger partial charge in [-0.25, -0.2) is 4.39 Å². The molecule has 2 nitrogen and oxygen atoms in total. The van der Waals surface area contributed by atoms with Crippen molar-refractivity contribution in [1.29, 1.82) is 0 Å². The number of rotatable bonds is 6. The number of nitrogens with two attached hydrogens (primary N) is 1. The van der Waals surface area contributed by atoms with Gasteiger partial charge in [0.1, 0.15) is 0 Å². The largest absolute Gasteiger partial charge is 0.490 e. The maximum absolute atomic E-state index is 13.4. The highest BCUT2D eigenvalue weighted by atomic mass is 19.1. The van der Waals surface area contributed by atoms with E-state index in [0.29, 0.717) is 25.3 Å². The lowest BCUT2D eigenvalue weighted by molar-refractivity contribution is 0.291. The van der Waals surface area contributed by atoms with Crippen LogP contribution in [0.15, 0.2) is 18.2 Å². The molecule has 0 fully saturated rings. The molecule has 2 N–H and O–H groups in total. The third-order valence-electron chi connectivity index (χ3n) is 2.21. The van der Waals surface area contributed by atoms with E-state index in [4.69, 9.17) is 10.5 Å². The van der Waals surface area contributed by atoms with E-state index in [2.05, 4.69) is 6.92 Å². The first kappa shape index (κ1) is 12.0. The molecular weight excluding hydrogens is 193 g/mol. The lowest BCUT2D eigenvalue weighted by atomic mass is 10.1. The van der Waals surface area contributed by atoms with Crippen molar-refractivity contribution in [2.75, 3.05) is 13.2 Å². The minimum atomic E-state index is -0.294. The SMILES string of the molecule is CCCCOc1c(F)cccc1CCN. The summed E-state index contributed by atoms with van der Waals surface area (Å²) in [6.45, 7) is 3.15. The molecular formula is C12H18FNO. The van der Waals surface area contributed by atoms with E-state index >= 15 is 0 Å². The van der Waals surface area contributed by atoms with Crippen LogP contribution in [-0.2, 0) is 6.42 Å². The van der Waals surface area contributed by atoms with E-state index in [1.807, 2.05) is 6.07 Å². The Morgan fingerprint density at radius 1 is 1.40 bits per heavy atom. The molecule has 1 aromatic rings. The van der Waals surface area contributed by atoms with Gasteiger partial charge in [-0.2, -0.15) is 0 Å². The summed E-state index contributed by atoms with van der Waals surface area (Å²) in [5.41, 5.74) is 6.31. The van der Waals surface area contributed by atoms with Crippen molar-refractivity contribution in [2.45, 2.75) is 26.2 Å². The van der Waals surface area contributed by atoms with Crippen LogP contribution >= 0.6 is 0 Å². The third kappa shape index (κ3) is 3.51. The molecule has 0 heterocycles. The minimum absolute atomic E-state index is 0.294. The molecule has 0 aliphatic rings. The number of para-hydroxylation sites is 1. The standard InChI is InChI=1S/C12H18FNO/c1-2-3-9-15-12-10(7-8-14)5-4-6-11(12)13/h4-6H,2-3,7-9,14H2,1H3. The zero-order chi connectivity index (χ0) is 11.1. The van der Waals surface area contributed by atoms with E-state index in [9.17, 15) is 4.39 Å². The lowest BCUT2D eigenvalue weighted by Gasteiger charge is -2.11. The van der Waals surface area contributed by atoms with E-state index in [-0.39, 0.29) is 5.82 Å². The van der Waals surface area contributed by atoms with E-state index in [1.54, 1.807) is 6.07 Å². The fourth-order valence-electron chi connectivity index (χ4n) is 1.39. The number of unbranched alkanes of at least 4 members (excludes halogenated alkanes) is 1. The summed E-state index contributed by atoms with van der Waals surface area (Å²) in [4.78, 5) is 0. The summed E-state index contributed by atoms with van der Waals surface area (Å²) in [7, 11) is 0. The first-order valence-corrected chi connectivity index (χ1v) is 5.39. The third-order valence-corrected chi connectivity index (χ3v) is 2.21. The Kier molecular flexibility index (Phi) is 5.12. The van der Waals surface area contributed by atoms with Crippen molar-refractivity contribution in [3.8, 4) is 5.75 Å². The normalized spacial score (nSPS) is 10.3. The molecule has 15 heavy (non-hydrogen) atoms. The predicted octanol–water partition coefficient (Wildman–Crippen LogP) is 2.51. The van der Waals surface area contributed by atoms with Crippen LogP contribution in [0.3, 0.4) is 0 Å². The van der Waals surface area contributed by atoms with E-state index < -0.39 is 0 Å². The summed E-state index contributed by atoms with van der Waals surface area (Å²) in [5.74, 6) is 0.0773. The molecule has 0 radical (unpaired) electrons. The summed E-state index contributed by atoms with van der Waals surface area (Å²) >= 11 is 0. The fourth-order valence-corrected chi connectivity index (χ4v) is 1.39. The van der Waals surface area contributed by atoms with Gasteiger partial charge in [0.05, 0.1) is 6.61 Å². The molecule has 0 saturated heterocycles. The summed E-state index contributed by atoms with van der Waals surface area (Å²) in [6, 6.07) is 4.96. The van der Waals surface area contributed by atoms with Crippen LogP contribution in [0.5, 0.6) is 5.75 Å². The molecule has 0 atom stereocenters. The van der Waals surface area contributed by atoms with Crippen LogP contribution in [0.2, 0.25) is 0 Å². The molecule has 0 amide bonds. The zero-order valence-electron chi connectivity index (χ0n) is 9.13. The van der Waals surface area contributed by atoms with Crippen LogP contribution in [0.4, 0.5) is 4.39 Å². The molecule has 0 aliphatic heterocycles. The van der Waals surface area contributed by atoms with Gasteiger partial charge in [0.25, 0.3) is 0 Å². The van der Waals surface area contributed by atoms with Gasteiger partial charge in [-0.1, -0.05) is 25.5 Å². The number of halogens is 1. The van der Waals surface area contributed by atoms with Gasteiger partial charge >= 0.3 is 0 Å². The molecule has 0 unspecified atom stereocenters. The monoisotopic (exact) mass is 211 g/mol. The highest BCUT2D eigenvalue weighted by molar-refractivity contribution is 5.35. The Labute approximate surface area is 90.2 Å². The quantitative estimate of drug-likeness (QED) is 0.734. The predicted molar refractivity (Wildman–Crippen MR) is 59.6 cm³/mol. The fraction of sp³-hybridized carbons (Fsp3) is 0.500. The maximum atomic E-state index is 13.4. The molecule has 0 saturated carbocycles. The summed E-state index contributed by atoms with van der Waals surface area (Å²) in [5, 5.41) is 0. The second kappa shape index (κ2) is 6.40. The van der Waals surface area contributed by atoms with Crippen LogP contribution in [-0.4, -0.2) is 13.2 Å². The highest BCUT2D eigenvalue weighted by Crippen LogP contribution is 2.23. The minimum Gasteiger partial charge on any atom is -0.490 e. The molecule has 3 heteroatoms. The van der Waals surface area contributed by atoms with Crippen LogP contribution in [0.25, 0.3) is 0 Å². The average Bonchev–Trinajstić information content (AvgIpc) is 2.23. The Bertz CT molecular complexity index is 302. The van der Waals surface area contributed by atoms with Gasteiger partial charge in [0.15, 0.2) is 11.6 Å². The molecule has 0 aromatic heterocycles. The Balaban J connectivity index is 2.72. The number of benzene rings is 1. The second-order valence-corrected chi connectivity index (χ2v) is 3.47. The first-order chi connectivity index (χ1) is 7.29. The average molecular weight is 211 g/mol. The number of hydrogen-bond donors (Lipinski definition) is 1. The Morgan fingerprint density at radius 2 is 2.20 bits per heavy atom. The van der Waals surface area contributed by atoms with Crippen molar-refractivity contribution in [1.82, 2.24) is 0 Å². The molecule has 0 spiro atoms. The molecule has 84 valence electrons. The summed E-state index contributed by atoms with van der Waals surface area (Å²) < 4.78 is 18.9.